The summed E-state index contributed by atoms with van der Waals surface area (Å²) in [6.07, 6.45) is 4.03. The summed E-state index contributed by atoms with van der Waals surface area (Å²) in [7, 11) is 0. The van der Waals surface area contributed by atoms with Gasteiger partial charge in [0.05, 0.1) is 4.92 Å². The second-order valence-corrected chi connectivity index (χ2v) is 10.3. The van der Waals surface area contributed by atoms with Crippen LogP contribution in [-0.4, -0.2) is 40.9 Å². The number of nitro groups is 1. The number of rotatable bonds is 5. The van der Waals surface area contributed by atoms with Crippen LogP contribution in [-0.2, 0) is 25.9 Å². The topological polar surface area (TPSA) is 97.2 Å². The van der Waals surface area contributed by atoms with Crippen LogP contribution in [0.15, 0.2) is 27.1 Å². The van der Waals surface area contributed by atoms with Gasteiger partial charge < -0.3 is 11.5 Å². The minimum Gasteiger partial charge on any atom is -0.698 e. The number of nitrogens with one attached hydrogen (secondary N) is 2. The summed E-state index contributed by atoms with van der Waals surface area (Å²) in [5.74, 6) is 0. The molecule has 2 aromatic carbocycles. The third-order valence-corrected chi connectivity index (χ3v) is 7.69. The third kappa shape index (κ3) is 8.85. The van der Waals surface area contributed by atoms with E-state index in [4.69, 9.17) is 11.5 Å². The molecule has 35 heavy (non-hydrogen) atoms. The zero-order chi connectivity index (χ0) is 24.1. The quantitative estimate of drug-likeness (QED) is 0.227. The molecule has 7 nitrogen and oxygen atoms in total. The van der Waals surface area contributed by atoms with Gasteiger partial charge in [0, 0.05) is 129 Å². The first-order valence-corrected chi connectivity index (χ1v) is 13.0. The first-order chi connectivity index (χ1) is 15.8. The van der Waals surface area contributed by atoms with E-state index in [9.17, 15) is 10.1 Å². The van der Waals surface area contributed by atoms with Gasteiger partial charge >= 0.3 is 0 Å². The zero-order valence-corrected chi connectivity index (χ0v) is 33.0. The van der Waals surface area contributed by atoms with E-state index in [2.05, 4.69) is 55.5 Å². The van der Waals surface area contributed by atoms with Crippen LogP contribution in [0.2, 0.25) is 0 Å². The van der Waals surface area contributed by atoms with Crippen molar-refractivity contribution < 1.29 is 93.0 Å². The Labute approximate surface area is 297 Å². The second kappa shape index (κ2) is 16.3. The fourth-order valence-electron chi connectivity index (χ4n) is 4.60. The minimum atomic E-state index is -0.480. The molecule has 0 fully saturated rings. The minimum absolute atomic E-state index is 0. The van der Waals surface area contributed by atoms with Gasteiger partial charge in [0.2, 0.25) is 0 Å². The zero-order valence-electron chi connectivity index (χ0n) is 20.4. The molecular formula is C24H31Ac2Br2N5O2-2. The largest absolute Gasteiger partial charge is 0.698 e. The molecule has 11 heteroatoms. The monoisotopic (exact) mass is 1030 g/mol. The van der Waals surface area contributed by atoms with Crippen LogP contribution in [0.5, 0.6) is 0 Å². The fraction of sp³-hybridized carbons (Fsp3) is 0.500. The van der Waals surface area contributed by atoms with E-state index in [1.54, 1.807) is 0 Å². The molecule has 0 unspecified atom stereocenters. The van der Waals surface area contributed by atoms with Crippen LogP contribution in [0.3, 0.4) is 0 Å². The van der Waals surface area contributed by atoms with E-state index < -0.39 is 4.92 Å². The molecule has 2 radical (unpaired) electrons. The summed E-state index contributed by atoms with van der Waals surface area (Å²) >= 11 is 6.98. The molecular weight excluding hydrogens is 1000 g/mol. The number of hydrogen-bond acceptors (Lipinski definition) is 4. The molecule has 4 rings (SSSR count). The second-order valence-electron chi connectivity index (χ2n) is 8.57. The Morgan fingerprint density at radius 1 is 0.886 bits per heavy atom. The van der Waals surface area contributed by atoms with Gasteiger partial charge in [0.25, 0.3) is 5.69 Å². The van der Waals surface area contributed by atoms with Gasteiger partial charge in [-0.15, -0.1) is 5.69 Å². The molecule has 0 aliphatic carbocycles. The third-order valence-electron chi connectivity index (χ3n) is 6.24. The molecule has 0 saturated carbocycles. The van der Waals surface area contributed by atoms with E-state index in [1.807, 2.05) is 12.1 Å². The van der Waals surface area contributed by atoms with Gasteiger partial charge in [-0.3, -0.25) is 19.9 Å². The first kappa shape index (κ1) is 34.2. The van der Waals surface area contributed by atoms with E-state index in [-0.39, 0.29) is 99.5 Å². The van der Waals surface area contributed by atoms with Crippen LogP contribution < -0.4 is 0 Å². The SMILES string of the molecule is CCCN1CCc2c([NH-])c([N+](=O)[O-])cc(Br)c2C1.CCCN1CCc2c([NH-])ccc(Br)c2C1.[Ac].[Ac]. The molecule has 186 valence electrons. The van der Waals surface area contributed by atoms with Crippen molar-refractivity contribution in [2.45, 2.75) is 52.6 Å². The normalized spacial score (nSPS) is 15.0. The van der Waals surface area contributed by atoms with Crippen molar-refractivity contribution in [2.24, 2.45) is 0 Å². The van der Waals surface area contributed by atoms with Crippen molar-refractivity contribution >= 4 is 48.9 Å². The van der Waals surface area contributed by atoms with Crippen molar-refractivity contribution in [2.75, 3.05) is 26.2 Å². The van der Waals surface area contributed by atoms with E-state index >= 15 is 0 Å². The molecule has 0 atom stereocenters. The van der Waals surface area contributed by atoms with Gasteiger partial charge in [-0.25, -0.2) is 0 Å². The summed E-state index contributed by atoms with van der Waals surface area (Å²) in [5.41, 5.74) is 20.9. The van der Waals surface area contributed by atoms with Gasteiger partial charge in [-0.1, -0.05) is 63.0 Å². The molecule has 2 aliphatic rings. The number of nitro benzene ring substituents is 1. The Balaban J connectivity index is 0.000000336. The van der Waals surface area contributed by atoms with E-state index in [1.165, 1.54) is 23.6 Å². The fourth-order valence-corrected chi connectivity index (χ4v) is 5.68. The molecule has 0 amide bonds. The number of hydrogen-bond donors (Lipinski definition) is 0. The molecule has 2 N–H and O–H groups in total. The predicted molar refractivity (Wildman–Crippen MR) is 141 cm³/mol. The molecule has 0 bridgehead atoms. The van der Waals surface area contributed by atoms with Gasteiger partial charge in [-0.05, 0) is 61.5 Å². The van der Waals surface area contributed by atoms with Crippen molar-refractivity contribution in [1.82, 2.24) is 9.80 Å². The molecule has 2 aromatic rings. The summed E-state index contributed by atoms with van der Waals surface area (Å²) in [5, 5.41) is 10.9. The van der Waals surface area contributed by atoms with Gasteiger partial charge in [0.1, 0.15) is 0 Å². The molecule has 2 aliphatic heterocycles. The Kier molecular flexibility index (Phi) is 16.0. The number of halogens is 2. The predicted octanol–water partition coefficient (Wildman–Crippen LogP) is 7.71. The van der Waals surface area contributed by atoms with Crippen molar-refractivity contribution in [3.05, 3.63) is 71.0 Å². The van der Waals surface area contributed by atoms with Crippen LogP contribution in [0.1, 0.15) is 48.9 Å². The molecule has 0 aromatic heterocycles. The average molecular weight is 1040 g/mol. The van der Waals surface area contributed by atoms with Crippen molar-refractivity contribution in [3.8, 4) is 0 Å². The molecule has 2 heterocycles. The standard InChI is InChI=1S/C12H15BrN3O2.C12H16BrN2.2Ac/c1-2-4-15-5-3-8-9(7-15)10(13)6-11(12(8)14)16(17)18;1-2-6-15-7-5-9-10(8-15)11(13)3-4-12(9)14;;/h6,14H,2-5,7H2,1H3;3-4,14H,2,5-8H2,1H3;;/q2*-1;;. The molecule has 0 spiro atoms. The van der Waals surface area contributed by atoms with Crippen LogP contribution >= 0.6 is 31.9 Å². The Bertz CT molecular complexity index is 1030. The van der Waals surface area contributed by atoms with Crippen molar-refractivity contribution in [3.63, 3.8) is 0 Å². The van der Waals surface area contributed by atoms with Crippen LogP contribution in [0.25, 0.3) is 11.5 Å². The molecule has 0 saturated heterocycles. The maximum atomic E-state index is 10.9. The first-order valence-electron chi connectivity index (χ1n) is 11.4. The van der Waals surface area contributed by atoms with Crippen molar-refractivity contribution in [1.29, 1.82) is 0 Å². The number of fused-ring (bicyclic) bond motifs is 2. The van der Waals surface area contributed by atoms with E-state index in [0.29, 0.717) is 12.1 Å². The Morgan fingerprint density at radius 3 is 1.91 bits per heavy atom. The smallest absolute Gasteiger partial charge is 0.255 e. The maximum absolute atomic E-state index is 10.9. The Hall–Kier alpha value is 1.20. The number of nitrogens with zero attached hydrogens (tertiary/aromatic N) is 3. The summed E-state index contributed by atoms with van der Waals surface area (Å²) < 4.78 is 1.91. The van der Waals surface area contributed by atoms with E-state index in [0.717, 1.165) is 72.2 Å². The maximum Gasteiger partial charge on any atom is 0.255 e. The van der Waals surface area contributed by atoms with Gasteiger partial charge in [0.15, 0.2) is 0 Å². The van der Waals surface area contributed by atoms with Crippen LogP contribution in [0.4, 0.5) is 17.1 Å². The van der Waals surface area contributed by atoms with Gasteiger partial charge in [-0.2, -0.15) is 0 Å². The number of benzene rings is 2. The summed E-state index contributed by atoms with van der Waals surface area (Å²) in [6.45, 7) is 10.3. The summed E-state index contributed by atoms with van der Waals surface area (Å²) in [4.78, 5) is 15.2. The Morgan fingerprint density at radius 2 is 1.40 bits per heavy atom. The average Bonchev–Trinajstić information content (AvgIpc) is 2.79. The summed E-state index contributed by atoms with van der Waals surface area (Å²) in [6, 6.07) is 5.34. The van der Waals surface area contributed by atoms with Crippen LogP contribution in [0, 0.1) is 98.2 Å².